The van der Waals surface area contributed by atoms with Crippen LogP contribution in [0.2, 0.25) is 0 Å². The van der Waals surface area contributed by atoms with E-state index in [2.05, 4.69) is 12.2 Å². The van der Waals surface area contributed by atoms with E-state index < -0.39 is 5.97 Å². The van der Waals surface area contributed by atoms with E-state index in [0.29, 0.717) is 6.61 Å². The quantitative estimate of drug-likeness (QED) is 0.843. The van der Waals surface area contributed by atoms with E-state index in [1.165, 1.54) is 0 Å². The van der Waals surface area contributed by atoms with Crippen molar-refractivity contribution in [2.75, 3.05) is 11.9 Å². The maximum absolute atomic E-state index is 10.8. The zero-order chi connectivity index (χ0) is 15.2. The summed E-state index contributed by atoms with van der Waals surface area (Å²) in [7, 11) is 0. The van der Waals surface area contributed by atoms with Crippen LogP contribution in [0.5, 0.6) is 5.75 Å². The lowest BCUT2D eigenvalue weighted by molar-refractivity contribution is 0.0697. The lowest BCUT2D eigenvalue weighted by atomic mass is 10.1. The highest BCUT2D eigenvalue weighted by Gasteiger charge is 2.07. The van der Waals surface area contributed by atoms with Crippen LogP contribution in [0.4, 0.5) is 5.69 Å². The summed E-state index contributed by atoms with van der Waals surface area (Å²) in [6, 6.07) is 14.8. The topological polar surface area (TPSA) is 58.6 Å². The number of nitrogens with one attached hydrogen (secondary N) is 1. The zero-order valence-electron chi connectivity index (χ0n) is 12.2. The lowest BCUT2D eigenvalue weighted by Crippen LogP contribution is -2.07. The van der Waals surface area contributed by atoms with Gasteiger partial charge in [0.15, 0.2) is 0 Å². The molecule has 0 heterocycles. The summed E-state index contributed by atoms with van der Waals surface area (Å²) in [5, 5.41) is 12.2. The number of anilines is 1. The average Bonchev–Trinajstić information content (AvgIpc) is 2.49. The van der Waals surface area contributed by atoms with Crippen LogP contribution >= 0.6 is 0 Å². The Morgan fingerprint density at radius 3 is 2.29 bits per heavy atom. The van der Waals surface area contributed by atoms with Crippen molar-refractivity contribution in [3.63, 3.8) is 0 Å². The first kappa shape index (κ1) is 14.9. The third-order valence-electron chi connectivity index (χ3n) is 3.21. The van der Waals surface area contributed by atoms with Crippen LogP contribution in [0.3, 0.4) is 0 Å². The fraction of sp³-hybridized carbons (Fsp3) is 0.235. The van der Waals surface area contributed by atoms with E-state index in [9.17, 15) is 4.79 Å². The van der Waals surface area contributed by atoms with Gasteiger partial charge >= 0.3 is 5.97 Å². The first-order valence-corrected chi connectivity index (χ1v) is 6.93. The molecule has 0 radical (unpaired) electrons. The average molecular weight is 285 g/mol. The molecule has 2 rings (SSSR count). The molecule has 0 fully saturated rings. The summed E-state index contributed by atoms with van der Waals surface area (Å²) in [6.45, 7) is 4.67. The standard InChI is InChI=1S/C17H19NO3/c1-3-21-16-10-6-13(7-11-16)12(2)18-15-8-4-14(5-9-15)17(19)20/h4-12,18H,3H2,1-2H3,(H,19,20). The van der Waals surface area contributed by atoms with Gasteiger partial charge < -0.3 is 15.2 Å². The monoisotopic (exact) mass is 285 g/mol. The number of aromatic carboxylic acids is 1. The van der Waals surface area contributed by atoms with Crippen LogP contribution < -0.4 is 10.1 Å². The smallest absolute Gasteiger partial charge is 0.335 e. The van der Waals surface area contributed by atoms with Crippen LogP contribution in [-0.4, -0.2) is 17.7 Å². The Kier molecular flexibility index (Phi) is 4.82. The number of carboxylic acid groups (broad SMARTS) is 1. The van der Waals surface area contributed by atoms with E-state index in [1.54, 1.807) is 24.3 Å². The van der Waals surface area contributed by atoms with Crippen molar-refractivity contribution < 1.29 is 14.6 Å². The van der Waals surface area contributed by atoms with E-state index in [0.717, 1.165) is 17.0 Å². The van der Waals surface area contributed by atoms with Gasteiger partial charge in [-0.15, -0.1) is 0 Å². The van der Waals surface area contributed by atoms with Gasteiger partial charge in [-0.3, -0.25) is 0 Å². The molecule has 2 aromatic rings. The summed E-state index contributed by atoms with van der Waals surface area (Å²) in [4.78, 5) is 10.8. The molecule has 0 aromatic heterocycles. The van der Waals surface area contributed by atoms with Crippen LogP contribution in [0.1, 0.15) is 35.8 Å². The minimum absolute atomic E-state index is 0.122. The molecule has 0 spiro atoms. The maximum atomic E-state index is 10.8. The molecule has 0 aliphatic heterocycles. The maximum Gasteiger partial charge on any atom is 0.335 e. The van der Waals surface area contributed by atoms with Crippen LogP contribution in [-0.2, 0) is 0 Å². The number of ether oxygens (including phenoxy) is 1. The summed E-state index contributed by atoms with van der Waals surface area (Å²) < 4.78 is 5.42. The van der Waals surface area contributed by atoms with Crippen molar-refractivity contribution in [2.45, 2.75) is 19.9 Å². The largest absolute Gasteiger partial charge is 0.494 e. The molecule has 2 N–H and O–H groups in total. The molecule has 0 amide bonds. The lowest BCUT2D eigenvalue weighted by Gasteiger charge is -2.16. The van der Waals surface area contributed by atoms with Gasteiger partial charge in [0.25, 0.3) is 0 Å². The number of carboxylic acids is 1. The van der Waals surface area contributed by atoms with Gasteiger partial charge in [0.2, 0.25) is 0 Å². The Morgan fingerprint density at radius 2 is 1.76 bits per heavy atom. The highest BCUT2D eigenvalue weighted by molar-refractivity contribution is 5.88. The molecule has 0 aliphatic rings. The zero-order valence-corrected chi connectivity index (χ0v) is 12.2. The van der Waals surface area contributed by atoms with Gasteiger partial charge in [0, 0.05) is 11.7 Å². The van der Waals surface area contributed by atoms with Gasteiger partial charge in [-0.05, 0) is 55.8 Å². The molecule has 1 unspecified atom stereocenters. The van der Waals surface area contributed by atoms with Crippen molar-refractivity contribution in [1.29, 1.82) is 0 Å². The minimum Gasteiger partial charge on any atom is -0.494 e. The molecule has 4 nitrogen and oxygen atoms in total. The molecular formula is C17H19NO3. The molecule has 110 valence electrons. The molecule has 21 heavy (non-hydrogen) atoms. The molecule has 0 bridgehead atoms. The Hall–Kier alpha value is -2.49. The van der Waals surface area contributed by atoms with Crippen molar-refractivity contribution in [1.82, 2.24) is 0 Å². The van der Waals surface area contributed by atoms with Crippen molar-refractivity contribution in [3.05, 3.63) is 59.7 Å². The van der Waals surface area contributed by atoms with Gasteiger partial charge in [0.1, 0.15) is 5.75 Å². The predicted octanol–water partition coefficient (Wildman–Crippen LogP) is 3.96. The highest BCUT2D eigenvalue weighted by Crippen LogP contribution is 2.22. The minimum atomic E-state index is -0.916. The second-order valence-corrected chi connectivity index (χ2v) is 4.75. The van der Waals surface area contributed by atoms with Crippen molar-refractivity contribution in [2.24, 2.45) is 0 Å². The molecule has 0 aliphatic carbocycles. The third kappa shape index (κ3) is 3.99. The second kappa shape index (κ2) is 6.79. The molecule has 0 saturated heterocycles. The van der Waals surface area contributed by atoms with Gasteiger partial charge in [-0.25, -0.2) is 4.79 Å². The van der Waals surface area contributed by atoms with Gasteiger partial charge in [-0.1, -0.05) is 12.1 Å². The summed E-state index contributed by atoms with van der Waals surface area (Å²) in [5.41, 5.74) is 2.32. The van der Waals surface area contributed by atoms with Crippen LogP contribution in [0, 0.1) is 0 Å². The molecule has 1 atom stereocenters. The number of rotatable bonds is 6. The number of benzene rings is 2. The predicted molar refractivity (Wildman–Crippen MR) is 83.1 cm³/mol. The summed E-state index contributed by atoms with van der Waals surface area (Å²) >= 11 is 0. The van der Waals surface area contributed by atoms with E-state index in [1.807, 2.05) is 31.2 Å². The molecule has 4 heteroatoms. The number of hydrogen-bond donors (Lipinski definition) is 2. The first-order valence-electron chi connectivity index (χ1n) is 6.93. The van der Waals surface area contributed by atoms with Gasteiger partial charge in [0.05, 0.1) is 12.2 Å². The van der Waals surface area contributed by atoms with Crippen LogP contribution in [0.25, 0.3) is 0 Å². The summed E-state index contributed by atoms with van der Waals surface area (Å²) in [5.74, 6) is -0.0552. The third-order valence-corrected chi connectivity index (χ3v) is 3.21. The van der Waals surface area contributed by atoms with Gasteiger partial charge in [-0.2, -0.15) is 0 Å². The second-order valence-electron chi connectivity index (χ2n) is 4.75. The van der Waals surface area contributed by atoms with E-state index in [-0.39, 0.29) is 11.6 Å². The highest BCUT2D eigenvalue weighted by atomic mass is 16.5. The Labute approximate surface area is 124 Å². The fourth-order valence-corrected chi connectivity index (χ4v) is 2.06. The molecule has 0 saturated carbocycles. The Bertz CT molecular complexity index is 590. The number of carbonyl (C=O) groups is 1. The summed E-state index contributed by atoms with van der Waals surface area (Å²) in [6.07, 6.45) is 0. The SMILES string of the molecule is CCOc1ccc(C(C)Nc2ccc(C(=O)O)cc2)cc1. The van der Waals surface area contributed by atoms with Crippen LogP contribution in [0.15, 0.2) is 48.5 Å². The van der Waals surface area contributed by atoms with Crippen molar-refractivity contribution in [3.8, 4) is 5.75 Å². The fourth-order valence-electron chi connectivity index (χ4n) is 2.06. The Balaban J connectivity index is 2.03. The molecular weight excluding hydrogens is 266 g/mol. The first-order chi connectivity index (χ1) is 10.1. The van der Waals surface area contributed by atoms with E-state index >= 15 is 0 Å². The van der Waals surface area contributed by atoms with Crippen molar-refractivity contribution >= 4 is 11.7 Å². The molecule has 2 aromatic carbocycles. The van der Waals surface area contributed by atoms with E-state index in [4.69, 9.17) is 9.84 Å². The normalized spacial score (nSPS) is 11.7. The number of hydrogen-bond acceptors (Lipinski definition) is 3. The Morgan fingerprint density at radius 1 is 1.14 bits per heavy atom.